The first-order valence-corrected chi connectivity index (χ1v) is 10.1. The van der Waals surface area contributed by atoms with Crippen molar-refractivity contribution < 1.29 is 35.8 Å². The Morgan fingerprint density at radius 3 is 2.39 bits per heavy atom. The molecule has 0 unspecified atom stereocenters. The van der Waals surface area contributed by atoms with E-state index in [2.05, 4.69) is 25.4 Å². The Bertz CT molecular complexity index is 935. The second kappa shape index (κ2) is 9.01. The van der Waals surface area contributed by atoms with E-state index < -0.39 is 27.0 Å². The van der Waals surface area contributed by atoms with Gasteiger partial charge in [-0.1, -0.05) is 28.1 Å². The van der Waals surface area contributed by atoms with Crippen molar-refractivity contribution in [3.8, 4) is 17.2 Å². The van der Waals surface area contributed by atoms with Crippen LogP contribution in [0.1, 0.15) is 5.56 Å². The highest BCUT2D eigenvalue weighted by atomic mass is 79.9. The minimum Gasteiger partial charge on any atom is -0.493 e. The van der Waals surface area contributed by atoms with Gasteiger partial charge in [0.2, 0.25) is 10.0 Å². The first-order chi connectivity index (χ1) is 13.1. The molecule has 2 aromatic rings. The third-order valence-electron chi connectivity index (χ3n) is 3.59. The molecule has 154 valence electrons. The maximum Gasteiger partial charge on any atom is 0.573 e. The normalized spacial score (nSPS) is 11.9. The Balaban J connectivity index is 2.20. The second-order valence-corrected chi connectivity index (χ2v) is 8.09. The Kier molecular flexibility index (Phi) is 7.18. The average Bonchev–Trinajstić information content (AvgIpc) is 2.59. The number of hydrogen-bond donors (Lipinski definition) is 1. The molecule has 28 heavy (non-hydrogen) atoms. The van der Waals surface area contributed by atoms with Crippen molar-refractivity contribution in [1.82, 2.24) is 4.72 Å². The van der Waals surface area contributed by atoms with Gasteiger partial charge < -0.3 is 14.2 Å². The van der Waals surface area contributed by atoms with Crippen LogP contribution in [0.5, 0.6) is 17.2 Å². The predicted molar refractivity (Wildman–Crippen MR) is 99.3 cm³/mol. The molecule has 0 fully saturated rings. The van der Waals surface area contributed by atoms with Gasteiger partial charge in [0.15, 0.2) is 17.2 Å². The SMILES string of the molecule is COc1cccc(CCNS(=O)(=O)c2ccc(Br)cc2OC(F)(F)F)c1OC. The molecule has 2 rings (SSSR count). The summed E-state index contributed by atoms with van der Waals surface area (Å²) in [4.78, 5) is -0.620. The Morgan fingerprint density at radius 2 is 1.79 bits per heavy atom. The number of sulfonamides is 1. The quantitative estimate of drug-likeness (QED) is 0.616. The van der Waals surface area contributed by atoms with Crippen LogP contribution in [0.15, 0.2) is 45.8 Å². The minimum atomic E-state index is -5.03. The number of para-hydroxylation sites is 1. The van der Waals surface area contributed by atoms with Gasteiger partial charge in [-0.3, -0.25) is 0 Å². The van der Waals surface area contributed by atoms with Gasteiger partial charge in [-0.2, -0.15) is 0 Å². The molecule has 0 heterocycles. The van der Waals surface area contributed by atoms with Gasteiger partial charge in [-0.05, 0) is 36.2 Å². The summed E-state index contributed by atoms with van der Waals surface area (Å²) in [6, 6.07) is 8.41. The molecule has 0 radical (unpaired) electrons. The van der Waals surface area contributed by atoms with E-state index in [1.807, 2.05) is 0 Å². The van der Waals surface area contributed by atoms with E-state index in [9.17, 15) is 21.6 Å². The van der Waals surface area contributed by atoms with Gasteiger partial charge in [0.25, 0.3) is 0 Å². The molecule has 0 aliphatic rings. The molecule has 11 heteroatoms. The van der Waals surface area contributed by atoms with Crippen LogP contribution in [0.2, 0.25) is 0 Å². The van der Waals surface area contributed by atoms with Crippen LogP contribution < -0.4 is 18.9 Å². The smallest absolute Gasteiger partial charge is 0.493 e. The number of methoxy groups -OCH3 is 2. The van der Waals surface area contributed by atoms with Crippen LogP contribution in [-0.2, 0) is 16.4 Å². The lowest BCUT2D eigenvalue weighted by Gasteiger charge is -2.15. The summed E-state index contributed by atoms with van der Waals surface area (Å²) < 4.78 is 79.6. The molecule has 0 saturated heterocycles. The van der Waals surface area contributed by atoms with Gasteiger partial charge in [-0.25, -0.2) is 13.1 Å². The molecule has 0 aliphatic heterocycles. The molecule has 0 aromatic heterocycles. The van der Waals surface area contributed by atoms with E-state index >= 15 is 0 Å². The average molecular weight is 484 g/mol. The van der Waals surface area contributed by atoms with Crippen LogP contribution in [0, 0.1) is 0 Å². The molecular weight excluding hydrogens is 467 g/mol. The number of nitrogens with one attached hydrogen (secondary N) is 1. The van der Waals surface area contributed by atoms with E-state index in [1.54, 1.807) is 18.2 Å². The molecule has 2 aromatic carbocycles. The van der Waals surface area contributed by atoms with Crippen molar-refractivity contribution in [2.75, 3.05) is 20.8 Å². The monoisotopic (exact) mass is 483 g/mol. The maximum absolute atomic E-state index is 12.6. The summed E-state index contributed by atoms with van der Waals surface area (Å²) in [5.74, 6) is 0.110. The van der Waals surface area contributed by atoms with Crippen molar-refractivity contribution in [2.45, 2.75) is 17.7 Å². The van der Waals surface area contributed by atoms with Gasteiger partial charge in [0, 0.05) is 11.0 Å². The van der Waals surface area contributed by atoms with Crippen molar-refractivity contribution in [1.29, 1.82) is 0 Å². The lowest BCUT2D eigenvalue weighted by molar-refractivity contribution is -0.275. The van der Waals surface area contributed by atoms with Crippen LogP contribution in [0.25, 0.3) is 0 Å². The van der Waals surface area contributed by atoms with Crippen LogP contribution in [0.4, 0.5) is 13.2 Å². The number of rotatable bonds is 8. The zero-order chi connectivity index (χ0) is 20.9. The zero-order valence-corrected chi connectivity index (χ0v) is 17.2. The van der Waals surface area contributed by atoms with Crippen LogP contribution >= 0.6 is 15.9 Å². The molecule has 0 atom stereocenters. The third kappa shape index (κ3) is 5.76. The van der Waals surface area contributed by atoms with E-state index in [1.165, 1.54) is 20.3 Å². The van der Waals surface area contributed by atoms with Gasteiger partial charge in [0.1, 0.15) is 4.90 Å². The molecule has 0 spiro atoms. The summed E-state index contributed by atoms with van der Waals surface area (Å²) in [5.41, 5.74) is 0.673. The Hall–Kier alpha value is -1.98. The van der Waals surface area contributed by atoms with E-state index in [0.717, 1.165) is 12.1 Å². The lowest BCUT2D eigenvalue weighted by atomic mass is 10.1. The van der Waals surface area contributed by atoms with Crippen molar-refractivity contribution >= 4 is 26.0 Å². The third-order valence-corrected chi connectivity index (χ3v) is 5.59. The standard InChI is InChI=1S/C17H17BrF3NO5S/c1-25-13-5-3-4-11(16(13)26-2)8-9-22-28(23,24)15-7-6-12(18)10-14(15)27-17(19,20)21/h3-7,10,22H,8-9H2,1-2H3. The highest BCUT2D eigenvalue weighted by Gasteiger charge is 2.34. The van der Waals surface area contributed by atoms with E-state index in [-0.39, 0.29) is 17.4 Å². The summed E-state index contributed by atoms with van der Waals surface area (Å²) >= 11 is 2.99. The first-order valence-electron chi connectivity index (χ1n) is 7.82. The number of alkyl halides is 3. The van der Waals surface area contributed by atoms with Gasteiger partial charge in [0.05, 0.1) is 14.2 Å². The highest BCUT2D eigenvalue weighted by molar-refractivity contribution is 9.10. The second-order valence-electron chi connectivity index (χ2n) is 5.44. The molecule has 6 nitrogen and oxygen atoms in total. The fourth-order valence-electron chi connectivity index (χ4n) is 2.46. The number of hydrogen-bond acceptors (Lipinski definition) is 5. The number of ether oxygens (including phenoxy) is 3. The predicted octanol–water partition coefficient (Wildman–Crippen LogP) is 3.89. The van der Waals surface area contributed by atoms with E-state index in [0.29, 0.717) is 17.1 Å². The maximum atomic E-state index is 12.6. The van der Waals surface area contributed by atoms with Crippen LogP contribution in [0.3, 0.4) is 0 Å². The Morgan fingerprint density at radius 1 is 1.07 bits per heavy atom. The van der Waals surface area contributed by atoms with Gasteiger partial charge in [-0.15, -0.1) is 13.2 Å². The molecule has 0 saturated carbocycles. The minimum absolute atomic E-state index is 0.0760. The summed E-state index contributed by atoms with van der Waals surface area (Å²) in [6.07, 6.45) is -4.80. The van der Waals surface area contributed by atoms with Gasteiger partial charge >= 0.3 is 6.36 Å². The van der Waals surface area contributed by atoms with Crippen molar-refractivity contribution in [3.63, 3.8) is 0 Å². The number of halogens is 4. The van der Waals surface area contributed by atoms with Crippen molar-refractivity contribution in [3.05, 3.63) is 46.4 Å². The van der Waals surface area contributed by atoms with Crippen LogP contribution in [-0.4, -0.2) is 35.5 Å². The first kappa shape index (κ1) is 22.3. The fourth-order valence-corrected chi connectivity index (χ4v) is 3.94. The number of benzene rings is 2. The summed E-state index contributed by atoms with van der Waals surface area (Å²) in [5, 5.41) is 0. The summed E-state index contributed by atoms with van der Waals surface area (Å²) in [7, 11) is -1.33. The topological polar surface area (TPSA) is 73.9 Å². The fraction of sp³-hybridized carbons (Fsp3) is 0.294. The molecule has 0 amide bonds. The zero-order valence-electron chi connectivity index (χ0n) is 14.8. The highest BCUT2D eigenvalue weighted by Crippen LogP contribution is 2.33. The molecule has 0 bridgehead atoms. The largest absolute Gasteiger partial charge is 0.573 e. The Labute approximate surface area is 168 Å². The summed E-state index contributed by atoms with van der Waals surface area (Å²) in [6.45, 7) is -0.0760. The molecule has 1 N–H and O–H groups in total. The molecular formula is C17H17BrF3NO5S. The van der Waals surface area contributed by atoms with E-state index in [4.69, 9.17) is 9.47 Å². The molecule has 0 aliphatic carbocycles. The lowest BCUT2D eigenvalue weighted by Crippen LogP contribution is -2.27. The van der Waals surface area contributed by atoms with Crippen molar-refractivity contribution in [2.24, 2.45) is 0 Å².